The zero-order valence-electron chi connectivity index (χ0n) is 16.6. The minimum Gasteiger partial charge on any atom is -0.363 e. The molecule has 1 aliphatic rings. The minimum absolute atomic E-state index is 0.0518. The predicted molar refractivity (Wildman–Crippen MR) is 114 cm³/mol. The van der Waals surface area contributed by atoms with Gasteiger partial charge in [-0.15, -0.1) is 0 Å². The summed E-state index contributed by atoms with van der Waals surface area (Å²) < 4.78 is 15.3. The van der Waals surface area contributed by atoms with Gasteiger partial charge < -0.3 is 15.2 Å². The molecule has 0 bridgehead atoms. The molecule has 2 heterocycles. The zero-order valence-corrected chi connectivity index (χ0v) is 16.6. The third-order valence-electron chi connectivity index (χ3n) is 5.12. The summed E-state index contributed by atoms with van der Waals surface area (Å²) in [7, 11) is 0. The zero-order chi connectivity index (χ0) is 20.4. The summed E-state index contributed by atoms with van der Waals surface area (Å²) in [4.78, 5) is 12.8. The van der Waals surface area contributed by atoms with Crippen LogP contribution in [0.4, 0.5) is 4.39 Å². The van der Waals surface area contributed by atoms with Crippen LogP contribution in [0, 0.1) is 5.82 Å². The molecular formula is C24H24FN3O. The Kier molecular flexibility index (Phi) is 4.97. The van der Waals surface area contributed by atoms with Crippen LogP contribution in [0.25, 0.3) is 10.9 Å². The number of hydrogen-bond acceptors (Lipinski definition) is 2. The Bertz CT molecular complexity index is 1110. The highest BCUT2D eigenvalue weighted by Gasteiger charge is 2.25. The van der Waals surface area contributed by atoms with E-state index in [1.54, 1.807) is 12.1 Å². The summed E-state index contributed by atoms with van der Waals surface area (Å²) in [5.41, 5.74) is 3.44. The van der Waals surface area contributed by atoms with Gasteiger partial charge in [0.05, 0.1) is 6.42 Å². The molecule has 1 atom stereocenters. The molecule has 1 aromatic heterocycles. The van der Waals surface area contributed by atoms with Crippen molar-refractivity contribution in [1.82, 2.24) is 15.2 Å². The van der Waals surface area contributed by atoms with Gasteiger partial charge in [0, 0.05) is 29.3 Å². The first kappa shape index (κ1) is 19.0. The Morgan fingerprint density at radius 2 is 1.93 bits per heavy atom. The fourth-order valence-electron chi connectivity index (χ4n) is 3.84. The average molecular weight is 389 g/mol. The van der Waals surface area contributed by atoms with Crippen molar-refractivity contribution < 1.29 is 9.18 Å². The number of rotatable bonds is 5. The molecule has 2 aromatic carbocycles. The molecule has 1 aliphatic heterocycles. The van der Waals surface area contributed by atoms with Crippen molar-refractivity contribution in [2.75, 3.05) is 0 Å². The van der Waals surface area contributed by atoms with E-state index in [9.17, 15) is 9.18 Å². The van der Waals surface area contributed by atoms with E-state index in [2.05, 4.69) is 15.2 Å². The number of hydrogen-bond donors (Lipinski definition) is 2. The van der Waals surface area contributed by atoms with E-state index >= 15 is 0 Å². The Morgan fingerprint density at radius 1 is 1.17 bits per heavy atom. The number of halogens is 1. The molecule has 0 radical (unpaired) electrons. The predicted octanol–water partition coefficient (Wildman–Crippen LogP) is 4.27. The summed E-state index contributed by atoms with van der Waals surface area (Å²) in [6.45, 7) is 4.53. The van der Waals surface area contributed by atoms with Gasteiger partial charge >= 0.3 is 0 Å². The van der Waals surface area contributed by atoms with E-state index in [-0.39, 0.29) is 18.1 Å². The van der Waals surface area contributed by atoms with Crippen molar-refractivity contribution in [3.05, 3.63) is 95.6 Å². The second-order valence-corrected chi connectivity index (χ2v) is 7.69. The summed E-state index contributed by atoms with van der Waals surface area (Å²) in [6, 6.07) is 14.6. The fraction of sp³-hybridized carbons (Fsp3) is 0.208. The number of fused-ring (bicyclic) bond motifs is 1. The number of nitrogens with one attached hydrogen (secondary N) is 2. The van der Waals surface area contributed by atoms with Crippen LogP contribution in [-0.4, -0.2) is 16.1 Å². The number of benzene rings is 2. The first-order valence-corrected chi connectivity index (χ1v) is 9.68. The van der Waals surface area contributed by atoms with Crippen LogP contribution in [0.15, 0.2) is 78.7 Å². The lowest BCUT2D eigenvalue weighted by Crippen LogP contribution is -2.55. The van der Waals surface area contributed by atoms with Crippen LogP contribution >= 0.6 is 0 Å². The maximum Gasteiger partial charge on any atom is 0.226 e. The second kappa shape index (κ2) is 7.59. The smallest absolute Gasteiger partial charge is 0.226 e. The molecule has 3 aromatic rings. The molecule has 29 heavy (non-hydrogen) atoms. The Morgan fingerprint density at radius 3 is 2.69 bits per heavy atom. The number of aromatic nitrogens is 1. The van der Waals surface area contributed by atoms with Crippen molar-refractivity contribution in [3.63, 3.8) is 0 Å². The third kappa shape index (κ3) is 4.24. The monoisotopic (exact) mass is 389 g/mol. The first-order chi connectivity index (χ1) is 13.9. The topological polar surface area (TPSA) is 46.1 Å². The van der Waals surface area contributed by atoms with Gasteiger partial charge in [0.2, 0.25) is 5.91 Å². The second-order valence-electron chi connectivity index (χ2n) is 7.69. The minimum atomic E-state index is -0.595. The van der Waals surface area contributed by atoms with Crippen molar-refractivity contribution >= 4 is 16.8 Å². The highest BCUT2D eigenvalue weighted by molar-refractivity contribution is 5.89. The molecule has 2 N–H and O–H groups in total. The van der Waals surface area contributed by atoms with Gasteiger partial charge in [-0.3, -0.25) is 4.79 Å². The Hall–Kier alpha value is -3.34. The quantitative estimate of drug-likeness (QED) is 0.685. The van der Waals surface area contributed by atoms with Gasteiger partial charge in [-0.1, -0.05) is 36.4 Å². The van der Waals surface area contributed by atoms with E-state index in [0.29, 0.717) is 6.54 Å². The van der Waals surface area contributed by atoms with Gasteiger partial charge in [0.1, 0.15) is 11.5 Å². The number of carbonyl (C=O) groups excluding carboxylic acids is 1. The summed E-state index contributed by atoms with van der Waals surface area (Å²) in [5, 5.41) is 7.42. The molecular weight excluding hydrogens is 365 g/mol. The van der Waals surface area contributed by atoms with E-state index < -0.39 is 5.66 Å². The van der Waals surface area contributed by atoms with Gasteiger partial charge in [0.25, 0.3) is 0 Å². The Labute approximate surface area is 169 Å². The number of para-hydroxylation sites is 1. The number of carbonyl (C=O) groups is 1. The molecule has 148 valence electrons. The molecule has 4 nitrogen and oxygen atoms in total. The lowest BCUT2D eigenvalue weighted by molar-refractivity contribution is -0.121. The average Bonchev–Trinajstić information content (AvgIpc) is 3.00. The highest BCUT2D eigenvalue weighted by atomic mass is 19.1. The molecule has 0 spiro atoms. The van der Waals surface area contributed by atoms with Crippen molar-refractivity contribution in [2.45, 2.75) is 32.5 Å². The van der Waals surface area contributed by atoms with Gasteiger partial charge in [0.15, 0.2) is 0 Å². The highest BCUT2D eigenvalue weighted by Crippen LogP contribution is 2.23. The maximum absolute atomic E-state index is 13.2. The van der Waals surface area contributed by atoms with E-state index in [1.165, 1.54) is 12.1 Å². The molecule has 0 aliphatic carbocycles. The molecule has 0 saturated carbocycles. The van der Waals surface area contributed by atoms with Crippen molar-refractivity contribution in [1.29, 1.82) is 0 Å². The molecule has 0 saturated heterocycles. The van der Waals surface area contributed by atoms with Gasteiger partial charge in [-0.25, -0.2) is 4.39 Å². The van der Waals surface area contributed by atoms with Crippen molar-refractivity contribution in [3.8, 4) is 0 Å². The largest absolute Gasteiger partial charge is 0.363 e. The third-order valence-corrected chi connectivity index (χ3v) is 5.12. The lowest BCUT2D eigenvalue weighted by atomic mass is 10.1. The molecule has 0 fully saturated rings. The number of dihydropyridines is 1. The molecule has 4 rings (SSSR count). The van der Waals surface area contributed by atoms with Crippen LogP contribution in [0.5, 0.6) is 0 Å². The summed E-state index contributed by atoms with van der Waals surface area (Å²) in [6.07, 6.45) is 8.16. The van der Waals surface area contributed by atoms with Crippen molar-refractivity contribution in [2.24, 2.45) is 0 Å². The van der Waals surface area contributed by atoms with E-state index in [1.807, 2.05) is 62.5 Å². The number of amides is 1. The summed E-state index contributed by atoms with van der Waals surface area (Å²) >= 11 is 0. The molecule has 1 amide bonds. The molecule has 1 unspecified atom stereocenters. The van der Waals surface area contributed by atoms with Crippen LogP contribution in [0.3, 0.4) is 0 Å². The van der Waals surface area contributed by atoms with Crippen LogP contribution in [0.1, 0.15) is 25.0 Å². The SMILES string of the molecule is CC1=CC=CC(C)(NC(=O)Cc2cn(Cc3ccc(F)cc3)c3ccccc23)N1. The van der Waals surface area contributed by atoms with Crippen LogP contribution in [0.2, 0.25) is 0 Å². The van der Waals surface area contributed by atoms with Crippen LogP contribution in [-0.2, 0) is 17.8 Å². The lowest BCUT2D eigenvalue weighted by Gasteiger charge is -2.32. The van der Waals surface area contributed by atoms with Gasteiger partial charge in [-0.2, -0.15) is 0 Å². The number of nitrogens with zero attached hydrogens (tertiary/aromatic N) is 1. The maximum atomic E-state index is 13.2. The van der Waals surface area contributed by atoms with Crippen LogP contribution < -0.4 is 10.6 Å². The van der Waals surface area contributed by atoms with E-state index in [0.717, 1.165) is 27.7 Å². The Balaban J connectivity index is 1.56. The number of allylic oxidation sites excluding steroid dienone is 3. The first-order valence-electron chi connectivity index (χ1n) is 9.68. The van der Waals surface area contributed by atoms with Gasteiger partial charge in [-0.05, 0) is 55.3 Å². The molecule has 5 heteroatoms. The standard InChI is InChI=1S/C24H24FN3O/c1-17-6-5-13-24(2,26-17)27-23(29)14-19-16-28(22-8-4-3-7-21(19)22)15-18-9-11-20(25)12-10-18/h3-13,16,26H,14-15H2,1-2H3,(H,27,29). The summed E-state index contributed by atoms with van der Waals surface area (Å²) in [5.74, 6) is -0.295. The van der Waals surface area contributed by atoms with E-state index in [4.69, 9.17) is 0 Å². The normalized spacial score (nSPS) is 18.4. The fourth-order valence-corrected chi connectivity index (χ4v) is 3.84.